The zero-order valence-electron chi connectivity index (χ0n) is 12.7. The fourth-order valence-electron chi connectivity index (χ4n) is 2.34. The highest BCUT2D eigenvalue weighted by molar-refractivity contribution is 5.78. The van der Waals surface area contributed by atoms with E-state index in [1.165, 1.54) is 12.1 Å². The van der Waals surface area contributed by atoms with Gasteiger partial charge in [-0.25, -0.2) is 4.39 Å². The van der Waals surface area contributed by atoms with Gasteiger partial charge >= 0.3 is 0 Å². The van der Waals surface area contributed by atoms with Crippen LogP contribution in [0.4, 0.5) is 4.39 Å². The van der Waals surface area contributed by atoms with Gasteiger partial charge < -0.3 is 15.8 Å². The van der Waals surface area contributed by atoms with E-state index in [9.17, 15) is 9.18 Å². The highest BCUT2D eigenvalue weighted by Crippen LogP contribution is 2.27. The van der Waals surface area contributed by atoms with Gasteiger partial charge in [0.2, 0.25) is 0 Å². The molecule has 0 unspecified atom stereocenters. The summed E-state index contributed by atoms with van der Waals surface area (Å²) in [5.74, 6) is 0.219. The Kier molecular flexibility index (Phi) is 4.57. The fourth-order valence-corrected chi connectivity index (χ4v) is 2.34. The van der Waals surface area contributed by atoms with E-state index in [0.29, 0.717) is 18.3 Å². The van der Waals surface area contributed by atoms with E-state index in [0.717, 1.165) is 29.5 Å². The van der Waals surface area contributed by atoms with E-state index in [1.54, 1.807) is 18.2 Å². The number of amides is 1. The summed E-state index contributed by atoms with van der Waals surface area (Å²) in [5, 5.41) is 2.87. The topological polar surface area (TPSA) is 64.3 Å². The summed E-state index contributed by atoms with van der Waals surface area (Å²) in [4.78, 5) is 11.7. The van der Waals surface area contributed by atoms with Crippen LogP contribution in [0.2, 0.25) is 0 Å². The molecule has 5 heteroatoms. The van der Waals surface area contributed by atoms with Crippen LogP contribution in [0.3, 0.4) is 0 Å². The molecule has 0 saturated heterocycles. The van der Waals surface area contributed by atoms with Gasteiger partial charge in [0, 0.05) is 18.2 Å². The van der Waals surface area contributed by atoms with Crippen LogP contribution in [0, 0.1) is 5.82 Å². The van der Waals surface area contributed by atoms with Crippen LogP contribution in [0.1, 0.15) is 18.4 Å². The van der Waals surface area contributed by atoms with E-state index in [-0.39, 0.29) is 18.3 Å². The Balaban J connectivity index is 1.71. The van der Waals surface area contributed by atoms with Crippen molar-refractivity contribution in [3.05, 3.63) is 53.8 Å². The van der Waals surface area contributed by atoms with Gasteiger partial charge in [0.25, 0.3) is 5.91 Å². The number of nitrogens with one attached hydrogen (secondary N) is 1. The lowest BCUT2D eigenvalue weighted by atomic mass is 10.0. The SMILES string of the molecule is NCc1cc(-c2ccc(F)cc2)ccc1OCC(=O)NC1CC1. The lowest BCUT2D eigenvalue weighted by Gasteiger charge is -2.12. The largest absolute Gasteiger partial charge is 0.483 e. The second kappa shape index (κ2) is 6.79. The van der Waals surface area contributed by atoms with E-state index in [1.807, 2.05) is 12.1 Å². The molecule has 1 aliphatic rings. The minimum absolute atomic E-state index is 0.0145. The number of hydrogen-bond acceptors (Lipinski definition) is 3. The average Bonchev–Trinajstić information content (AvgIpc) is 3.37. The van der Waals surface area contributed by atoms with Gasteiger partial charge in [-0.05, 0) is 48.2 Å². The molecule has 2 aromatic carbocycles. The fraction of sp³-hybridized carbons (Fsp3) is 0.278. The summed E-state index contributed by atoms with van der Waals surface area (Å²) >= 11 is 0. The second-order valence-electron chi connectivity index (χ2n) is 5.66. The highest BCUT2D eigenvalue weighted by Gasteiger charge is 2.23. The summed E-state index contributed by atoms with van der Waals surface area (Å²) in [7, 11) is 0. The summed E-state index contributed by atoms with van der Waals surface area (Å²) in [6, 6.07) is 12.2. The van der Waals surface area contributed by atoms with E-state index in [2.05, 4.69) is 5.32 Å². The van der Waals surface area contributed by atoms with Crippen LogP contribution in [0.15, 0.2) is 42.5 Å². The molecule has 1 fully saturated rings. The Morgan fingerprint density at radius 1 is 1.17 bits per heavy atom. The van der Waals surface area contributed by atoms with Crippen LogP contribution in [0.5, 0.6) is 5.75 Å². The smallest absolute Gasteiger partial charge is 0.258 e. The maximum atomic E-state index is 13.0. The average molecular weight is 314 g/mol. The molecule has 3 N–H and O–H groups in total. The monoisotopic (exact) mass is 314 g/mol. The van der Waals surface area contributed by atoms with Crippen molar-refractivity contribution in [1.29, 1.82) is 0 Å². The van der Waals surface area contributed by atoms with Crippen LogP contribution in [-0.4, -0.2) is 18.6 Å². The van der Waals surface area contributed by atoms with E-state index >= 15 is 0 Å². The Hall–Kier alpha value is -2.40. The number of ether oxygens (including phenoxy) is 1. The van der Waals surface area contributed by atoms with Crippen molar-refractivity contribution in [2.24, 2.45) is 5.73 Å². The number of nitrogens with two attached hydrogens (primary N) is 1. The third-order valence-electron chi connectivity index (χ3n) is 3.76. The molecule has 0 heterocycles. The van der Waals surface area contributed by atoms with Gasteiger partial charge in [-0.3, -0.25) is 4.79 Å². The number of rotatable bonds is 6. The highest BCUT2D eigenvalue weighted by atomic mass is 19.1. The van der Waals surface area contributed by atoms with Crippen molar-refractivity contribution in [1.82, 2.24) is 5.32 Å². The van der Waals surface area contributed by atoms with Crippen molar-refractivity contribution in [3.8, 4) is 16.9 Å². The molecule has 0 aromatic heterocycles. The van der Waals surface area contributed by atoms with Crippen LogP contribution < -0.4 is 15.8 Å². The first-order valence-electron chi connectivity index (χ1n) is 7.67. The van der Waals surface area contributed by atoms with Crippen molar-refractivity contribution in [2.75, 3.05) is 6.61 Å². The molecule has 3 rings (SSSR count). The molecule has 0 bridgehead atoms. The zero-order chi connectivity index (χ0) is 16.2. The Morgan fingerprint density at radius 3 is 2.52 bits per heavy atom. The minimum Gasteiger partial charge on any atom is -0.483 e. The van der Waals surface area contributed by atoms with Gasteiger partial charge in [-0.2, -0.15) is 0 Å². The van der Waals surface area contributed by atoms with Crippen molar-refractivity contribution in [2.45, 2.75) is 25.4 Å². The number of carbonyl (C=O) groups excluding carboxylic acids is 1. The van der Waals surface area contributed by atoms with E-state index < -0.39 is 0 Å². The lowest BCUT2D eigenvalue weighted by Crippen LogP contribution is -2.30. The van der Waals surface area contributed by atoms with Gasteiger partial charge in [0.15, 0.2) is 6.61 Å². The molecule has 4 nitrogen and oxygen atoms in total. The van der Waals surface area contributed by atoms with Gasteiger partial charge in [-0.15, -0.1) is 0 Å². The molecule has 0 spiro atoms. The first kappa shape index (κ1) is 15.5. The molecule has 23 heavy (non-hydrogen) atoms. The van der Waals surface area contributed by atoms with Crippen molar-refractivity contribution >= 4 is 5.91 Å². The predicted octanol–water partition coefficient (Wildman–Crippen LogP) is 2.61. The maximum Gasteiger partial charge on any atom is 0.258 e. The molecular formula is C18H19FN2O2. The van der Waals surface area contributed by atoms with Crippen LogP contribution >= 0.6 is 0 Å². The first-order valence-corrected chi connectivity index (χ1v) is 7.67. The van der Waals surface area contributed by atoms with Gasteiger partial charge in [0.1, 0.15) is 11.6 Å². The van der Waals surface area contributed by atoms with E-state index in [4.69, 9.17) is 10.5 Å². The normalized spacial score (nSPS) is 13.7. The molecule has 0 aliphatic heterocycles. The van der Waals surface area contributed by atoms with Crippen LogP contribution in [-0.2, 0) is 11.3 Å². The number of benzene rings is 2. The number of hydrogen-bond donors (Lipinski definition) is 2. The third kappa shape index (κ3) is 4.07. The maximum absolute atomic E-state index is 13.0. The summed E-state index contributed by atoms with van der Waals surface area (Å²) < 4.78 is 18.6. The third-order valence-corrected chi connectivity index (χ3v) is 3.76. The summed E-state index contributed by atoms with van der Waals surface area (Å²) in [5.41, 5.74) is 8.42. The molecule has 2 aromatic rings. The Labute approximate surface area is 134 Å². The molecule has 0 radical (unpaired) electrons. The molecule has 0 atom stereocenters. The molecule has 1 amide bonds. The predicted molar refractivity (Wildman–Crippen MR) is 86.4 cm³/mol. The van der Waals surface area contributed by atoms with Crippen molar-refractivity contribution in [3.63, 3.8) is 0 Å². The van der Waals surface area contributed by atoms with Gasteiger partial charge in [0.05, 0.1) is 0 Å². The Bertz CT molecular complexity index is 697. The first-order chi connectivity index (χ1) is 11.2. The molecule has 1 saturated carbocycles. The minimum atomic E-state index is -0.269. The summed E-state index contributed by atoms with van der Waals surface area (Å²) in [6.07, 6.45) is 2.10. The summed E-state index contributed by atoms with van der Waals surface area (Å²) in [6.45, 7) is 0.286. The standard InChI is InChI=1S/C18H19FN2O2/c19-15-4-1-12(2-5-15)13-3-8-17(14(9-13)10-20)23-11-18(22)21-16-6-7-16/h1-5,8-9,16H,6-7,10-11,20H2,(H,21,22). The second-order valence-corrected chi connectivity index (χ2v) is 5.66. The van der Waals surface area contributed by atoms with Gasteiger partial charge in [-0.1, -0.05) is 18.2 Å². The molecule has 120 valence electrons. The quantitative estimate of drug-likeness (QED) is 0.861. The Morgan fingerprint density at radius 2 is 1.87 bits per heavy atom. The number of carbonyl (C=O) groups is 1. The molecule has 1 aliphatic carbocycles. The zero-order valence-corrected chi connectivity index (χ0v) is 12.7. The lowest BCUT2D eigenvalue weighted by molar-refractivity contribution is -0.123. The molecular weight excluding hydrogens is 295 g/mol. The van der Waals surface area contributed by atoms with Crippen LogP contribution in [0.25, 0.3) is 11.1 Å². The number of halogens is 1. The van der Waals surface area contributed by atoms with Crippen molar-refractivity contribution < 1.29 is 13.9 Å².